The number of carbonyl (C=O) groups excluding carboxylic acids is 1. The summed E-state index contributed by atoms with van der Waals surface area (Å²) in [5, 5.41) is 12.7. The highest BCUT2D eigenvalue weighted by Gasteiger charge is 2.17. The molecule has 9 heteroatoms. The molecule has 1 amide bonds. The number of amides is 1. The molecule has 0 saturated carbocycles. The summed E-state index contributed by atoms with van der Waals surface area (Å²) >= 11 is 1.29. The van der Waals surface area contributed by atoms with E-state index >= 15 is 0 Å². The third-order valence-electron chi connectivity index (χ3n) is 5.19. The van der Waals surface area contributed by atoms with Gasteiger partial charge in [-0.15, -0.1) is 10.2 Å². The minimum Gasteiger partial charge on any atom is -0.494 e. The zero-order valence-corrected chi connectivity index (χ0v) is 19.8. The lowest BCUT2D eigenvalue weighted by atomic mass is 10.1. The molecule has 0 aliphatic rings. The zero-order chi connectivity index (χ0) is 23.4. The van der Waals surface area contributed by atoms with Gasteiger partial charge in [-0.1, -0.05) is 37.7 Å². The molecular weight excluding hydrogens is 438 g/mol. The topological polar surface area (TPSA) is 90.5 Å². The van der Waals surface area contributed by atoms with Gasteiger partial charge >= 0.3 is 0 Å². The Morgan fingerprint density at radius 1 is 1.12 bits per heavy atom. The van der Waals surface area contributed by atoms with E-state index in [9.17, 15) is 9.59 Å². The maximum Gasteiger partial charge on any atom is 0.262 e. The van der Waals surface area contributed by atoms with Gasteiger partial charge in [0, 0.05) is 12.2 Å². The molecule has 0 aliphatic carbocycles. The first-order valence-corrected chi connectivity index (χ1v) is 12.0. The van der Waals surface area contributed by atoms with Gasteiger partial charge in [0.05, 0.1) is 23.3 Å². The number of anilines is 1. The summed E-state index contributed by atoms with van der Waals surface area (Å²) in [6, 6.07) is 14.7. The maximum atomic E-state index is 13.1. The number of carbonyl (C=O) groups is 1. The lowest BCUT2D eigenvalue weighted by molar-refractivity contribution is -0.113. The smallest absolute Gasteiger partial charge is 0.262 e. The number of rotatable bonds is 9. The second kappa shape index (κ2) is 10.1. The van der Waals surface area contributed by atoms with Gasteiger partial charge in [-0.05, 0) is 55.7 Å². The van der Waals surface area contributed by atoms with Crippen molar-refractivity contribution >= 4 is 40.0 Å². The maximum absolute atomic E-state index is 13.1. The van der Waals surface area contributed by atoms with Gasteiger partial charge < -0.3 is 10.1 Å². The van der Waals surface area contributed by atoms with Gasteiger partial charge in [0.15, 0.2) is 5.16 Å². The van der Waals surface area contributed by atoms with E-state index in [0.29, 0.717) is 41.1 Å². The molecule has 0 radical (unpaired) electrons. The number of hydrogen-bond donors (Lipinski definition) is 1. The van der Waals surface area contributed by atoms with Crippen LogP contribution >= 0.6 is 11.8 Å². The number of nitrogens with one attached hydrogen (secondary N) is 1. The van der Waals surface area contributed by atoms with Crippen molar-refractivity contribution in [1.29, 1.82) is 0 Å². The van der Waals surface area contributed by atoms with Gasteiger partial charge in [-0.3, -0.25) is 18.6 Å². The molecule has 0 fully saturated rings. The van der Waals surface area contributed by atoms with Crippen molar-refractivity contribution in [3.63, 3.8) is 0 Å². The minimum atomic E-state index is -0.154. The summed E-state index contributed by atoms with van der Waals surface area (Å²) in [6.45, 7) is 7.32. The third-order valence-corrected chi connectivity index (χ3v) is 6.12. The molecule has 8 nitrogen and oxygen atoms in total. The van der Waals surface area contributed by atoms with E-state index in [1.54, 1.807) is 16.7 Å². The van der Waals surface area contributed by atoms with Crippen molar-refractivity contribution in [2.45, 2.75) is 38.9 Å². The molecule has 1 N–H and O–H groups in total. The molecule has 0 bridgehead atoms. The van der Waals surface area contributed by atoms with E-state index in [0.717, 1.165) is 17.7 Å². The highest BCUT2D eigenvalue weighted by molar-refractivity contribution is 7.99. The van der Waals surface area contributed by atoms with Crippen molar-refractivity contribution in [2.75, 3.05) is 17.7 Å². The van der Waals surface area contributed by atoms with E-state index in [-0.39, 0.29) is 17.2 Å². The lowest BCUT2D eigenvalue weighted by Gasteiger charge is -2.12. The number of aryl methyl sites for hydroxylation is 1. The summed E-state index contributed by atoms with van der Waals surface area (Å²) in [7, 11) is 0. The van der Waals surface area contributed by atoms with Crippen LogP contribution in [0.15, 0.2) is 58.5 Å². The molecular formula is C24H27N5O3S. The Labute approximate surface area is 196 Å². The first-order valence-electron chi connectivity index (χ1n) is 11.0. The molecule has 0 aliphatic heterocycles. The van der Waals surface area contributed by atoms with Crippen molar-refractivity contribution < 1.29 is 9.53 Å². The first kappa shape index (κ1) is 22.8. The van der Waals surface area contributed by atoms with Crippen LogP contribution in [0.5, 0.6) is 5.75 Å². The third kappa shape index (κ3) is 5.03. The predicted molar refractivity (Wildman–Crippen MR) is 131 cm³/mol. The van der Waals surface area contributed by atoms with E-state index in [1.165, 1.54) is 11.8 Å². The Morgan fingerprint density at radius 3 is 2.61 bits per heavy atom. The molecule has 2 heterocycles. The highest BCUT2D eigenvalue weighted by atomic mass is 32.2. The quantitative estimate of drug-likeness (QED) is 0.372. The molecule has 2 aromatic carbocycles. The van der Waals surface area contributed by atoms with Crippen LogP contribution in [0.3, 0.4) is 0 Å². The summed E-state index contributed by atoms with van der Waals surface area (Å²) in [6.07, 6.45) is 0.855. The largest absolute Gasteiger partial charge is 0.494 e. The lowest BCUT2D eigenvalue weighted by Crippen LogP contribution is -2.24. The normalized spacial score (nSPS) is 11.4. The van der Waals surface area contributed by atoms with Crippen molar-refractivity contribution in [2.24, 2.45) is 5.92 Å². The number of nitrogens with zero attached hydrogens (tertiary/aromatic N) is 4. The Hall–Kier alpha value is -3.33. The summed E-state index contributed by atoms with van der Waals surface area (Å²) in [5.41, 5.74) is 1.36. The number of ether oxygens (including phenoxy) is 1. The number of para-hydroxylation sites is 1. The molecule has 2 aromatic heterocycles. The van der Waals surface area contributed by atoms with Gasteiger partial charge in [0.2, 0.25) is 11.7 Å². The molecule has 4 aromatic rings. The van der Waals surface area contributed by atoms with Gasteiger partial charge in [-0.2, -0.15) is 0 Å². The number of fused-ring (bicyclic) bond motifs is 3. The Bertz CT molecular complexity index is 1330. The second-order valence-corrected chi connectivity index (χ2v) is 9.01. The van der Waals surface area contributed by atoms with Crippen LogP contribution < -0.4 is 15.6 Å². The van der Waals surface area contributed by atoms with Crippen LogP contribution in [-0.2, 0) is 11.3 Å². The van der Waals surface area contributed by atoms with Crippen LogP contribution in [0.4, 0.5) is 5.69 Å². The monoisotopic (exact) mass is 465 g/mol. The van der Waals surface area contributed by atoms with E-state index < -0.39 is 0 Å². The number of thioether (sulfide) groups is 1. The standard InChI is InChI=1S/C24H27N5O3S/c1-4-32-18-11-9-17(10-12-18)25-21(30)15-33-24-27-26-23-28(14-13-16(2)3)22(31)19-7-5-6-8-20(19)29(23)24/h5-12,16H,4,13-15H2,1-3H3,(H,25,30). The van der Waals surface area contributed by atoms with Crippen LogP contribution in [0.1, 0.15) is 27.2 Å². The fraction of sp³-hybridized carbons (Fsp3) is 0.333. The Balaban J connectivity index is 1.58. The molecule has 0 saturated heterocycles. The summed E-state index contributed by atoms with van der Waals surface area (Å²) in [5.74, 6) is 1.71. The fourth-order valence-electron chi connectivity index (χ4n) is 3.54. The molecule has 0 unspecified atom stereocenters. The molecule has 0 spiro atoms. The SMILES string of the molecule is CCOc1ccc(NC(=O)CSc2nnc3n(CCC(C)C)c(=O)c4ccccc4n23)cc1. The van der Waals surface area contributed by atoms with Crippen molar-refractivity contribution in [3.8, 4) is 5.75 Å². The second-order valence-electron chi connectivity index (χ2n) is 8.07. The van der Waals surface area contributed by atoms with Crippen LogP contribution in [-0.4, -0.2) is 37.4 Å². The molecule has 0 atom stereocenters. The van der Waals surface area contributed by atoms with Crippen molar-refractivity contribution in [1.82, 2.24) is 19.2 Å². The van der Waals surface area contributed by atoms with Crippen LogP contribution in [0, 0.1) is 5.92 Å². The number of hydrogen-bond acceptors (Lipinski definition) is 6. The van der Waals surface area contributed by atoms with E-state index in [1.807, 2.05) is 47.7 Å². The van der Waals surface area contributed by atoms with Crippen molar-refractivity contribution in [3.05, 3.63) is 58.9 Å². The number of aromatic nitrogens is 4. The fourth-order valence-corrected chi connectivity index (χ4v) is 4.28. The average molecular weight is 466 g/mol. The summed E-state index contributed by atoms with van der Waals surface area (Å²) in [4.78, 5) is 25.6. The Kier molecular flexibility index (Phi) is 6.98. The van der Waals surface area contributed by atoms with E-state index in [2.05, 4.69) is 29.4 Å². The van der Waals surface area contributed by atoms with Gasteiger partial charge in [0.1, 0.15) is 5.75 Å². The first-order chi connectivity index (χ1) is 16.0. The Morgan fingerprint density at radius 2 is 1.88 bits per heavy atom. The van der Waals surface area contributed by atoms with Crippen LogP contribution in [0.2, 0.25) is 0 Å². The molecule has 172 valence electrons. The van der Waals surface area contributed by atoms with Gasteiger partial charge in [0.25, 0.3) is 5.56 Å². The molecule has 33 heavy (non-hydrogen) atoms. The summed E-state index contributed by atoms with van der Waals surface area (Å²) < 4.78 is 8.97. The minimum absolute atomic E-state index is 0.0732. The number of benzene rings is 2. The zero-order valence-electron chi connectivity index (χ0n) is 18.9. The predicted octanol–water partition coefficient (Wildman–Crippen LogP) is 4.22. The van der Waals surface area contributed by atoms with Gasteiger partial charge in [-0.25, -0.2) is 0 Å². The highest BCUT2D eigenvalue weighted by Crippen LogP contribution is 2.23. The van der Waals surface area contributed by atoms with Crippen LogP contribution in [0.25, 0.3) is 16.7 Å². The van der Waals surface area contributed by atoms with E-state index in [4.69, 9.17) is 4.74 Å². The average Bonchev–Trinajstić information content (AvgIpc) is 3.23. The molecule has 4 rings (SSSR count).